The molecule has 0 radical (unpaired) electrons. The van der Waals surface area contributed by atoms with Crippen molar-refractivity contribution in [1.29, 1.82) is 0 Å². The largest absolute Gasteiger partial charge is 0.478 e. The van der Waals surface area contributed by atoms with Gasteiger partial charge in [-0.1, -0.05) is 6.92 Å². The Bertz CT molecular complexity index is 459. The molecule has 20 heavy (non-hydrogen) atoms. The minimum absolute atomic E-state index is 0.238. The van der Waals surface area contributed by atoms with Gasteiger partial charge in [-0.25, -0.2) is 9.78 Å². The van der Waals surface area contributed by atoms with Crippen molar-refractivity contribution in [2.75, 3.05) is 24.5 Å². The average Bonchev–Trinajstić information content (AvgIpc) is 2.46. The van der Waals surface area contributed by atoms with E-state index in [2.05, 4.69) is 35.6 Å². The number of pyridine rings is 1. The number of piperazine rings is 1. The number of carboxylic acids is 1. The Morgan fingerprint density at radius 2 is 2.20 bits per heavy atom. The highest BCUT2D eigenvalue weighted by atomic mass is 16.4. The summed E-state index contributed by atoms with van der Waals surface area (Å²) in [7, 11) is 0. The van der Waals surface area contributed by atoms with Gasteiger partial charge in [0, 0.05) is 37.9 Å². The highest BCUT2D eigenvalue weighted by molar-refractivity contribution is 5.87. The second-order valence-electron chi connectivity index (χ2n) is 5.55. The van der Waals surface area contributed by atoms with Crippen LogP contribution in [0.15, 0.2) is 18.3 Å². The molecule has 1 atom stereocenters. The van der Waals surface area contributed by atoms with Crippen LogP contribution in [-0.4, -0.2) is 52.7 Å². The minimum Gasteiger partial charge on any atom is -0.478 e. The molecule has 0 aliphatic carbocycles. The third-order valence-corrected chi connectivity index (χ3v) is 3.98. The van der Waals surface area contributed by atoms with Crippen LogP contribution in [0.5, 0.6) is 0 Å². The summed E-state index contributed by atoms with van der Waals surface area (Å²) in [5.41, 5.74) is 0.238. The van der Waals surface area contributed by atoms with Crippen LogP contribution >= 0.6 is 0 Å². The SMILES string of the molecule is CC[C@H]1CN(c2ccc(C(=O)O)cn2)CCN1C(C)C. The van der Waals surface area contributed by atoms with Crippen LogP contribution in [0.2, 0.25) is 0 Å². The van der Waals surface area contributed by atoms with E-state index in [4.69, 9.17) is 5.11 Å². The van der Waals surface area contributed by atoms with E-state index in [-0.39, 0.29) is 5.56 Å². The Labute approximate surface area is 120 Å². The lowest BCUT2D eigenvalue weighted by atomic mass is 10.1. The van der Waals surface area contributed by atoms with Gasteiger partial charge >= 0.3 is 5.97 Å². The monoisotopic (exact) mass is 277 g/mol. The number of carboxylic acid groups (broad SMARTS) is 1. The fraction of sp³-hybridized carbons (Fsp3) is 0.600. The van der Waals surface area contributed by atoms with E-state index in [0.717, 1.165) is 31.9 Å². The molecular formula is C15H23N3O2. The average molecular weight is 277 g/mol. The number of rotatable bonds is 4. The maximum absolute atomic E-state index is 10.8. The molecule has 2 heterocycles. The first kappa shape index (κ1) is 14.8. The van der Waals surface area contributed by atoms with Gasteiger partial charge in [-0.05, 0) is 32.4 Å². The highest BCUT2D eigenvalue weighted by Crippen LogP contribution is 2.20. The topological polar surface area (TPSA) is 56.7 Å². The molecule has 1 saturated heterocycles. The fourth-order valence-corrected chi connectivity index (χ4v) is 2.82. The van der Waals surface area contributed by atoms with Gasteiger partial charge in [0.1, 0.15) is 5.82 Å². The smallest absolute Gasteiger partial charge is 0.337 e. The van der Waals surface area contributed by atoms with Crippen LogP contribution in [0.3, 0.4) is 0 Å². The molecule has 1 aromatic heterocycles. The zero-order chi connectivity index (χ0) is 14.7. The van der Waals surface area contributed by atoms with Gasteiger partial charge in [0.25, 0.3) is 0 Å². The quantitative estimate of drug-likeness (QED) is 0.913. The molecule has 0 amide bonds. The molecule has 1 aliphatic heterocycles. The molecule has 1 aliphatic rings. The van der Waals surface area contributed by atoms with Crippen molar-refractivity contribution in [3.63, 3.8) is 0 Å². The Kier molecular flexibility index (Phi) is 4.60. The molecule has 0 bridgehead atoms. The van der Waals surface area contributed by atoms with E-state index in [1.54, 1.807) is 12.1 Å². The maximum atomic E-state index is 10.8. The van der Waals surface area contributed by atoms with Crippen molar-refractivity contribution < 1.29 is 9.90 Å². The number of carbonyl (C=O) groups is 1. The summed E-state index contributed by atoms with van der Waals surface area (Å²) < 4.78 is 0. The number of aromatic carboxylic acids is 1. The van der Waals surface area contributed by atoms with E-state index < -0.39 is 5.97 Å². The summed E-state index contributed by atoms with van der Waals surface area (Å²) in [6, 6.07) is 4.52. The summed E-state index contributed by atoms with van der Waals surface area (Å²) >= 11 is 0. The molecule has 0 unspecified atom stereocenters. The van der Waals surface area contributed by atoms with Crippen molar-refractivity contribution >= 4 is 11.8 Å². The lowest BCUT2D eigenvalue weighted by Gasteiger charge is -2.43. The molecule has 110 valence electrons. The summed E-state index contributed by atoms with van der Waals surface area (Å²) in [5, 5.41) is 8.90. The minimum atomic E-state index is -0.930. The maximum Gasteiger partial charge on any atom is 0.337 e. The fourth-order valence-electron chi connectivity index (χ4n) is 2.82. The van der Waals surface area contributed by atoms with Gasteiger partial charge in [0.05, 0.1) is 5.56 Å². The van der Waals surface area contributed by atoms with Crippen LogP contribution in [0.25, 0.3) is 0 Å². The van der Waals surface area contributed by atoms with Gasteiger partial charge in [-0.3, -0.25) is 4.90 Å². The zero-order valence-electron chi connectivity index (χ0n) is 12.4. The molecule has 1 fully saturated rings. The first-order chi connectivity index (χ1) is 9.52. The standard InChI is InChI=1S/C15H23N3O2/c1-4-13-10-17(7-8-18(13)11(2)3)14-6-5-12(9-16-14)15(19)20/h5-6,9,11,13H,4,7-8,10H2,1-3H3,(H,19,20)/t13-/m0/s1. The molecule has 0 aromatic carbocycles. The Balaban J connectivity index is 2.09. The van der Waals surface area contributed by atoms with Crippen molar-refractivity contribution in [3.8, 4) is 0 Å². The van der Waals surface area contributed by atoms with Gasteiger partial charge in [0.15, 0.2) is 0 Å². The second kappa shape index (κ2) is 6.22. The molecular weight excluding hydrogens is 254 g/mol. The molecule has 1 aromatic rings. The van der Waals surface area contributed by atoms with Crippen LogP contribution < -0.4 is 4.90 Å². The van der Waals surface area contributed by atoms with Crippen LogP contribution in [0.1, 0.15) is 37.6 Å². The first-order valence-corrected chi connectivity index (χ1v) is 7.23. The van der Waals surface area contributed by atoms with E-state index >= 15 is 0 Å². The van der Waals surface area contributed by atoms with Crippen molar-refractivity contribution in [2.24, 2.45) is 0 Å². The van der Waals surface area contributed by atoms with Crippen LogP contribution in [0.4, 0.5) is 5.82 Å². The van der Waals surface area contributed by atoms with Gasteiger partial charge in [0.2, 0.25) is 0 Å². The number of nitrogens with zero attached hydrogens (tertiary/aromatic N) is 3. The van der Waals surface area contributed by atoms with Gasteiger partial charge < -0.3 is 10.0 Å². The summed E-state index contributed by atoms with van der Waals surface area (Å²) in [4.78, 5) is 19.9. The molecule has 0 spiro atoms. The van der Waals surface area contributed by atoms with Crippen molar-refractivity contribution in [2.45, 2.75) is 39.3 Å². The molecule has 2 rings (SSSR count). The second-order valence-corrected chi connectivity index (χ2v) is 5.55. The predicted octanol–water partition coefficient (Wildman–Crippen LogP) is 2.09. The van der Waals surface area contributed by atoms with E-state index in [9.17, 15) is 4.79 Å². The third kappa shape index (κ3) is 3.10. The van der Waals surface area contributed by atoms with Crippen molar-refractivity contribution in [3.05, 3.63) is 23.9 Å². The summed E-state index contributed by atoms with van der Waals surface area (Å²) in [5.74, 6) is -0.0584. The zero-order valence-corrected chi connectivity index (χ0v) is 12.4. The third-order valence-electron chi connectivity index (χ3n) is 3.98. The number of anilines is 1. The summed E-state index contributed by atoms with van der Waals surface area (Å²) in [6.07, 6.45) is 2.55. The lowest BCUT2D eigenvalue weighted by molar-refractivity contribution is 0.0696. The Morgan fingerprint density at radius 3 is 2.70 bits per heavy atom. The predicted molar refractivity (Wildman–Crippen MR) is 79.3 cm³/mol. The normalized spacial score (nSPS) is 20.4. The molecule has 0 saturated carbocycles. The Morgan fingerprint density at radius 1 is 1.45 bits per heavy atom. The van der Waals surface area contributed by atoms with E-state index in [0.29, 0.717) is 12.1 Å². The highest BCUT2D eigenvalue weighted by Gasteiger charge is 2.27. The Hall–Kier alpha value is -1.62. The number of hydrogen-bond donors (Lipinski definition) is 1. The lowest BCUT2D eigenvalue weighted by Crippen LogP contribution is -2.55. The van der Waals surface area contributed by atoms with E-state index in [1.807, 2.05) is 0 Å². The van der Waals surface area contributed by atoms with E-state index in [1.165, 1.54) is 6.20 Å². The number of hydrogen-bond acceptors (Lipinski definition) is 4. The van der Waals surface area contributed by atoms with Crippen LogP contribution in [-0.2, 0) is 0 Å². The number of aromatic nitrogens is 1. The summed E-state index contributed by atoms with van der Waals surface area (Å²) in [6.45, 7) is 9.60. The molecule has 5 nitrogen and oxygen atoms in total. The molecule has 5 heteroatoms. The first-order valence-electron chi connectivity index (χ1n) is 7.23. The van der Waals surface area contributed by atoms with Gasteiger partial charge in [-0.15, -0.1) is 0 Å². The molecule has 1 N–H and O–H groups in total. The van der Waals surface area contributed by atoms with Crippen molar-refractivity contribution in [1.82, 2.24) is 9.88 Å². The van der Waals surface area contributed by atoms with Gasteiger partial charge in [-0.2, -0.15) is 0 Å². The van der Waals surface area contributed by atoms with Crippen LogP contribution in [0, 0.1) is 0 Å².